The molecule has 1 aromatic heterocycles. The number of hydrogen-bond acceptors (Lipinski definition) is 2. The summed E-state index contributed by atoms with van der Waals surface area (Å²) in [6.45, 7) is 0.803. The van der Waals surface area contributed by atoms with Crippen LogP contribution in [0.4, 0.5) is 0 Å². The van der Waals surface area contributed by atoms with Gasteiger partial charge in [-0.2, -0.15) is 0 Å². The molecule has 16 heavy (non-hydrogen) atoms. The molecule has 0 saturated carbocycles. The highest BCUT2D eigenvalue weighted by molar-refractivity contribution is 5.91. The highest BCUT2D eigenvalue weighted by atomic mass is 16.5. The average molecular weight is 214 g/mol. The van der Waals surface area contributed by atoms with Crippen LogP contribution in [0.3, 0.4) is 0 Å². The summed E-state index contributed by atoms with van der Waals surface area (Å²) in [5.41, 5.74) is 11.4. The second kappa shape index (κ2) is 2.80. The Balaban J connectivity index is 2.18. The first-order chi connectivity index (χ1) is 7.84. The van der Waals surface area contributed by atoms with E-state index in [1.807, 2.05) is 0 Å². The number of nitrogens with two attached hydrogens (primary N) is 1. The molecule has 2 aromatic rings. The third-order valence-corrected chi connectivity index (χ3v) is 3.83. The van der Waals surface area contributed by atoms with Crippen LogP contribution in [-0.4, -0.2) is 11.6 Å². The number of ether oxygens (including phenoxy) is 1. The number of benzene rings is 1. The second-order valence-electron chi connectivity index (χ2n) is 4.76. The van der Waals surface area contributed by atoms with Crippen molar-refractivity contribution < 1.29 is 4.74 Å². The van der Waals surface area contributed by atoms with Crippen LogP contribution in [0.5, 0.6) is 5.75 Å². The fraction of sp³-hybridized carbons (Fsp3) is 0.385. The molecule has 2 aliphatic rings. The Bertz CT molecular complexity index is 585. The van der Waals surface area contributed by atoms with E-state index >= 15 is 0 Å². The van der Waals surface area contributed by atoms with E-state index in [0.29, 0.717) is 0 Å². The molecule has 3 N–H and O–H groups in total. The van der Waals surface area contributed by atoms with Crippen molar-refractivity contribution in [2.24, 2.45) is 5.73 Å². The zero-order chi connectivity index (χ0) is 10.7. The standard InChI is InChI=1S/C13H14N2O/c14-9-2-1-8-6-15-10-5-7-3-4-16-13(7)12(9)11(8)10/h5-6,9,15H,1-4,14H2. The summed E-state index contributed by atoms with van der Waals surface area (Å²) in [6, 6.07) is 2.36. The van der Waals surface area contributed by atoms with Crippen molar-refractivity contribution in [1.82, 2.24) is 4.98 Å². The van der Waals surface area contributed by atoms with Crippen molar-refractivity contribution in [2.75, 3.05) is 6.61 Å². The molecule has 0 fully saturated rings. The van der Waals surface area contributed by atoms with E-state index in [0.717, 1.165) is 31.6 Å². The van der Waals surface area contributed by atoms with E-state index in [1.54, 1.807) is 0 Å². The van der Waals surface area contributed by atoms with Crippen molar-refractivity contribution >= 4 is 10.9 Å². The Kier molecular flexibility index (Phi) is 1.51. The van der Waals surface area contributed by atoms with Gasteiger partial charge in [0.05, 0.1) is 6.61 Å². The summed E-state index contributed by atoms with van der Waals surface area (Å²) in [7, 11) is 0. The molecule has 0 bridgehead atoms. The Morgan fingerprint density at radius 2 is 2.25 bits per heavy atom. The number of H-pyrrole nitrogens is 1. The molecule has 4 rings (SSSR count). The van der Waals surface area contributed by atoms with Gasteiger partial charge in [-0.15, -0.1) is 0 Å². The minimum absolute atomic E-state index is 0.138. The van der Waals surface area contributed by atoms with Gasteiger partial charge in [-0.25, -0.2) is 0 Å². The molecular weight excluding hydrogens is 200 g/mol. The van der Waals surface area contributed by atoms with Crippen LogP contribution in [0.25, 0.3) is 10.9 Å². The zero-order valence-electron chi connectivity index (χ0n) is 9.05. The number of aromatic amines is 1. The van der Waals surface area contributed by atoms with Crippen molar-refractivity contribution in [3.8, 4) is 5.75 Å². The van der Waals surface area contributed by atoms with Crippen LogP contribution in [0.1, 0.15) is 29.2 Å². The second-order valence-corrected chi connectivity index (χ2v) is 4.76. The van der Waals surface area contributed by atoms with Gasteiger partial charge in [-0.05, 0) is 30.0 Å². The summed E-state index contributed by atoms with van der Waals surface area (Å²) in [4.78, 5) is 3.36. The zero-order valence-corrected chi connectivity index (χ0v) is 9.05. The Labute approximate surface area is 93.6 Å². The first-order valence-electron chi connectivity index (χ1n) is 5.88. The lowest BCUT2D eigenvalue weighted by Crippen LogP contribution is -2.16. The molecule has 0 spiro atoms. The van der Waals surface area contributed by atoms with Crippen LogP contribution in [0, 0.1) is 0 Å². The molecule has 1 unspecified atom stereocenters. The predicted molar refractivity (Wildman–Crippen MR) is 62.7 cm³/mol. The van der Waals surface area contributed by atoms with Gasteiger partial charge in [0.2, 0.25) is 0 Å². The topological polar surface area (TPSA) is 51.0 Å². The molecule has 3 heteroatoms. The maximum Gasteiger partial charge on any atom is 0.128 e. The van der Waals surface area contributed by atoms with E-state index in [4.69, 9.17) is 10.5 Å². The highest BCUT2D eigenvalue weighted by Crippen LogP contribution is 2.43. The SMILES string of the molecule is NC1CCc2c[nH]c3cc4c(c1c23)OCC4. The van der Waals surface area contributed by atoms with E-state index in [1.165, 1.54) is 27.6 Å². The van der Waals surface area contributed by atoms with Gasteiger partial charge in [0.15, 0.2) is 0 Å². The van der Waals surface area contributed by atoms with Crippen LogP contribution in [0.2, 0.25) is 0 Å². The number of aryl methyl sites for hydroxylation is 1. The average Bonchev–Trinajstić information content (AvgIpc) is 2.89. The van der Waals surface area contributed by atoms with Gasteiger partial charge in [-0.3, -0.25) is 0 Å². The van der Waals surface area contributed by atoms with E-state index in [2.05, 4.69) is 17.2 Å². The van der Waals surface area contributed by atoms with Crippen LogP contribution in [0.15, 0.2) is 12.3 Å². The molecule has 3 nitrogen and oxygen atoms in total. The van der Waals surface area contributed by atoms with Crippen LogP contribution < -0.4 is 10.5 Å². The molecule has 1 aliphatic heterocycles. The lowest BCUT2D eigenvalue weighted by atomic mass is 9.87. The van der Waals surface area contributed by atoms with Crippen LogP contribution >= 0.6 is 0 Å². The summed E-state index contributed by atoms with van der Waals surface area (Å²) in [5.74, 6) is 1.07. The molecular formula is C13H14N2O. The predicted octanol–water partition coefficient (Wildman–Crippen LogP) is 2.05. The fourth-order valence-electron chi connectivity index (χ4n) is 3.07. The fourth-order valence-corrected chi connectivity index (χ4v) is 3.07. The van der Waals surface area contributed by atoms with Crippen LogP contribution in [-0.2, 0) is 12.8 Å². The lowest BCUT2D eigenvalue weighted by Gasteiger charge is -2.22. The highest BCUT2D eigenvalue weighted by Gasteiger charge is 2.28. The maximum atomic E-state index is 6.24. The van der Waals surface area contributed by atoms with Gasteiger partial charge in [0.1, 0.15) is 5.75 Å². The number of nitrogens with one attached hydrogen (secondary N) is 1. The summed E-state index contributed by atoms with van der Waals surface area (Å²) in [6.07, 6.45) is 5.24. The van der Waals surface area contributed by atoms with Gasteiger partial charge in [0.25, 0.3) is 0 Å². The van der Waals surface area contributed by atoms with E-state index in [9.17, 15) is 0 Å². The third-order valence-electron chi connectivity index (χ3n) is 3.83. The van der Waals surface area contributed by atoms with Gasteiger partial charge < -0.3 is 15.5 Å². The van der Waals surface area contributed by atoms with Crippen molar-refractivity contribution in [2.45, 2.75) is 25.3 Å². The Morgan fingerprint density at radius 3 is 3.19 bits per heavy atom. The van der Waals surface area contributed by atoms with E-state index in [-0.39, 0.29) is 6.04 Å². The minimum atomic E-state index is 0.138. The number of aromatic nitrogens is 1. The molecule has 82 valence electrons. The van der Waals surface area contributed by atoms with Gasteiger partial charge >= 0.3 is 0 Å². The van der Waals surface area contributed by atoms with Gasteiger partial charge in [-0.1, -0.05) is 0 Å². The number of fused-ring (bicyclic) bond motifs is 2. The lowest BCUT2D eigenvalue weighted by molar-refractivity contribution is 0.350. The molecule has 0 amide bonds. The molecule has 1 atom stereocenters. The molecule has 0 saturated heterocycles. The normalized spacial score (nSPS) is 22.2. The monoisotopic (exact) mass is 214 g/mol. The number of hydrogen-bond donors (Lipinski definition) is 2. The third kappa shape index (κ3) is 0.919. The molecule has 0 radical (unpaired) electrons. The Morgan fingerprint density at radius 1 is 1.31 bits per heavy atom. The van der Waals surface area contributed by atoms with Crippen molar-refractivity contribution in [3.63, 3.8) is 0 Å². The molecule has 1 aliphatic carbocycles. The van der Waals surface area contributed by atoms with E-state index < -0.39 is 0 Å². The smallest absolute Gasteiger partial charge is 0.128 e. The summed E-state index contributed by atoms with van der Waals surface area (Å²) < 4.78 is 5.76. The van der Waals surface area contributed by atoms with Gasteiger partial charge in [0, 0.05) is 35.1 Å². The summed E-state index contributed by atoms with van der Waals surface area (Å²) in [5, 5.41) is 1.32. The Hall–Kier alpha value is -1.48. The minimum Gasteiger partial charge on any atom is -0.493 e. The first kappa shape index (κ1) is 8.65. The summed E-state index contributed by atoms with van der Waals surface area (Å²) >= 11 is 0. The largest absolute Gasteiger partial charge is 0.493 e. The van der Waals surface area contributed by atoms with Crippen molar-refractivity contribution in [1.29, 1.82) is 0 Å². The number of rotatable bonds is 0. The van der Waals surface area contributed by atoms with Crippen molar-refractivity contribution in [3.05, 3.63) is 29.0 Å². The quantitative estimate of drug-likeness (QED) is 0.705. The first-order valence-corrected chi connectivity index (χ1v) is 5.88. The molecule has 2 heterocycles. The molecule has 1 aromatic carbocycles. The maximum absolute atomic E-state index is 6.24.